The molecule has 122 valence electrons. The van der Waals surface area contributed by atoms with E-state index in [1.165, 1.54) is 5.39 Å². The smallest absolute Gasteiger partial charge is 0.337 e. The molecule has 0 amide bonds. The van der Waals surface area contributed by atoms with Crippen LogP contribution in [0.1, 0.15) is 17.0 Å². The molecule has 0 saturated heterocycles. The Hall–Kier alpha value is -2.59. The third-order valence-corrected chi connectivity index (χ3v) is 5.46. The molecule has 0 bridgehead atoms. The van der Waals surface area contributed by atoms with Crippen LogP contribution in [0, 0.1) is 0 Å². The SMILES string of the molecule is O=C1OCC2=C1[C@H](c1ccc(Br)cc1)c1c(ccc3ccccc13)N2. The van der Waals surface area contributed by atoms with E-state index in [0.29, 0.717) is 6.61 Å². The second-order valence-corrected chi connectivity index (χ2v) is 7.24. The Bertz CT molecular complexity index is 1050. The Morgan fingerprint density at radius 1 is 1.00 bits per heavy atom. The minimum Gasteiger partial charge on any atom is -0.456 e. The van der Waals surface area contributed by atoms with Gasteiger partial charge < -0.3 is 10.1 Å². The van der Waals surface area contributed by atoms with Gasteiger partial charge in [0, 0.05) is 16.1 Å². The number of ether oxygens (including phenoxy) is 1. The zero-order valence-corrected chi connectivity index (χ0v) is 14.8. The standard InChI is InChI=1S/C21H14BrNO2/c22-14-8-5-13(6-9-14)18-19-15-4-2-1-3-12(15)7-10-16(19)23-17-11-25-21(24)20(17)18/h1-10,18,23H,11H2/t18-/m1/s1. The van der Waals surface area contributed by atoms with Crippen LogP contribution in [0.3, 0.4) is 0 Å². The summed E-state index contributed by atoms with van der Waals surface area (Å²) in [5.41, 5.74) is 4.88. The summed E-state index contributed by atoms with van der Waals surface area (Å²) < 4.78 is 6.35. The van der Waals surface area contributed by atoms with Gasteiger partial charge in [0.25, 0.3) is 0 Å². The highest BCUT2D eigenvalue weighted by atomic mass is 79.9. The summed E-state index contributed by atoms with van der Waals surface area (Å²) in [6, 6.07) is 20.7. The molecule has 3 aromatic carbocycles. The van der Waals surface area contributed by atoms with Crippen LogP contribution < -0.4 is 5.32 Å². The van der Waals surface area contributed by atoms with Gasteiger partial charge in [-0.15, -0.1) is 0 Å². The van der Waals surface area contributed by atoms with Crippen molar-refractivity contribution in [3.63, 3.8) is 0 Å². The number of hydrogen-bond acceptors (Lipinski definition) is 3. The van der Waals surface area contributed by atoms with E-state index in [-0.39, 0.29) is 11.9 Å². The molecule has 0 radical (unpaired) electrons. The van der Waals surface area contributed by atoms with Crippen LogP contribution in [0.25, 0.3) is 10.8 Å². The van der Waals surface area contributed by atoms with Crippen molar-refractivity contribution in [2.75, 3.05) is 11.9 Å². The number of halogens is 1. The van der Waals surface area contributed by atoms with E-state index in [1.54, 1.807) is 0 Å². The number of carbonyl (C=O) groups excluding carboxylic acids is 1. The molecule has 0 fully saturated rings. The molecule has 0 saturated carbocycles. The Morgan fingerprint density at radius 3 is 2.64 bits per heavy atom. The fourth-order valence-electron chi connectivity index (χ4n) is 3.82. The Balaban J connectivity index is 1.83. The quantitative estimate of drug-likeness (QED) is 0.595. The number of anilines is 1. The molecule has 25 heavy (non-hydrogen) atoms. The summed E-state index contributed by atoms with van der Waals surface area (Å²) in [4.78, 5) is 12.5. The highest BCUT2D eigenvalue weighted by Gasteiger charge is 2.39. The van der Waals surface area contributed by atoms with Gasteiger partial charge in [0.2, 0.25) is 0 Å². The number of benzene rings is 3. The van der Waals surface area contributed by atoms with Gasteiger partial charge in [0.05, 0.1) is 11.3 Å². The summed E-state index contributed by atoms with van der Waals surface area (Å²) in [6.07, 6.45) is 0. The Kier molecular flexibility index (Phi) is 3.22. The zero-order chi connectivity index (χ0) is 17.0. The molecule has 0 aromatic heterocycles. The predicted octanol–water partition coefficient (Wildman–Crippen LogP) is 4.97. The van der Waals surface area contributed by atoms with Crippen LogP contribution in [0.2, 0.25) is 0 Å². The minimum absolute atomic E-state index is 0.125. The van der Waals surface area contributed by atoms with E-state index in [9.17, 15) is 4.79 Å². The first-order chi connectivity index (χ1) is 12.2. The summed E-state index contributed by atoms with van der Waals surface area (Å²) in [7, 11) is 0. The van der Waals surface area contributed by atoms with Gasteiger partial charge in [-0.25, -0.2) is 4.79 Å². The van der Waals surface area contributed by atoms with Crippen molar-refractivity contribution in [1.82, 2.24) is 0 Å². The molecular formula is C21H14BrNO2. The Labute approximate surface area is 153 Å². The highest BCUT2D eigenvalue weighted by Crippen LogP contribution is 2.47. The second kappa shape index (κ2) is 5.46. The zero-order valence-electron chi connectivity index (χ0n) is 13.3. The first kappa shape index (κ1) is 14.7. The normalized spacial score (nSPS) is 18.6. The summed E-state index contributed by atoms with van der Waals surface area (Å²) in [5, 5.41) is 5.74. The molecule has 2 aliphatic heterocycles. The van der Waals surface area contributed by atoms with Crippen LogP contribution in [0.4, 0.5) is 5.69 Å². The summed E-state index contributed by atoms with van der Waals surface area (Å²) in [6.45, 7) is 0.313. The van der Waals surface area contributed by atoms with Gasteiger partial charge in [-0.1, -0.05) is 58.4 Å². The largest absolute Gasteiger partial charge is 0.456 e. The van der Waals surface area contributed by atoms with Gasteiger partial charge in [-0.2, -0.15) is 0 Å². The summed E-state index contributed by atoms with van der Waals surface area (Å²) >= 11 is 3.49. The fraction of sp³-hybridized carbons (Fsp3) is 0.0952. The molecule has 0 unspecified atom stereocenters. The average molecular weight is 392 g/mol. The van der Waals surface area contributed by atoms with Gasteiger partial charge in [-0.05, 0) is 40.1 Å². The molecule has 0 aliphatic carbocycles. The molecule has 4 heteroatoms. The lowest BCUT2D eigenvalue weighted by Gasteiger charge is -2.28. The number of cyclic esters (lactones) is 1. The minimum atomic E-state index is -0.228. The number of hydrogen-bond donors (Lipinski definition) is 1. The van der Waals surface area contributed by atoms with E-state index in [0.717, 1.165) is 37.9 Å². The maximum absolute atomic E-state index is 12.5. The lowest BCUT2D eigenvalue weighted by molar-refractivity contribution is -0.136. The molecule has 1 N–H and O–H groups in total. The van der Waals surface area contributed by atoms with Crippen LogP contribution in [-0.4, -0.2) is 12.6 Å². The summed E-state index contributed by atoms with van der Waals surface area (Å²) in [5.74, 6) is -0.352. The van der Waals surface area contributed by atoms with Gasteiger partial charge in [0.1, 0.15) is 6.61 Å². The molecule has 3 nitrogen and oxygen atoms in total. The average Bonchev–Trinajstić information content (AvgIpc) is 3.01. The van der Waals surface area contributed by atoms with E-state index in [1.807, 2.05) is 24.3 Å². The van der Waals surface area contributed by atoms with E-state index in [2.05, 4.69) is 57.6 Å². The van der Waals surface area contributed by atoms with Crippen molar-refractivity contribution >= 4 is 38.4 Å². The number of fused-ring (bicyclic) bond motifs is 3. The first-order valence-corrected chi connectivity index (χ1v) is 8.96. The lowest BCUT2D eigenvalue weighted by Crippen LogP contribution is -2.20. The van der Waals surface area contributed by atoms with Crippen molar-refractivity contribution in [1.29, 1.82) is 0 Å². The Morgan fingerprint density at radius 2 is 1.80 bits per heavy atom. The maximum Gasteiger partial charge on any atom is 0.337 e. The van der Waals surface area contributed by atoms with Crippen LogP contribution in [0.15, 0.2) is 76.4 Å². The topological polar surface area (TPSA) is 38.3 Å². The molecule has 2 heterocycles. The number of nitrogens with one attached hydrogen (secondary N) is 1. The van der Waals surface area contributed by atoms with E-state index >= 15 is 0 Å². The van der Waals surface area contributed by atoms with Crippen molar-refractivity contribution in [3.8, 4) is 0 Å². The first-order valence-electron chi connectivity index (χ1n) is 8.16. The fourth-order valence-corrected chi connectivity index (χ4v) is 4.09. The number of rotatable bonds is 1. The lowest BCUT2D eigenvalue weighted by atomic mass is 9.79. The number of esters is 1. The molecular weight excluding hydrogens is 378 g/mol. The highest BCUT2D eigenvalue weighted by molar-refractivity contribution is 9.10. The van der Waals surface area contributed by atoms with Crippen LogP contribution in [0.5, 0.6) is 0 Å². The molecule has 5 rings (SSSR count). The third-order valence-electron chi connectivity index (χ3n) is 4.93. The van der Waals surface area contributed by atoms with Crippen LogP contribution >= 0.6 is 15.9 Å². The van der Waals surface area contributed by atoms with Crippen molar-refractivity contribution in [2.45, 2.75) is 5.92 Å². The monoisotopic (exact) mass is 391 g/mol. The molecule has 1 atom stereocenters. The third kappa shape index (κ3) is 2.21. The predicted molar refractivity (Wildman–Crippen MR) is 102 cm³/mol. The van der Waals surface area contributed by atoms with Crippen LogP contribution in [-0.2, 0) is 9.53 Å². The van der Waals surface area contributed by atoms with Crippen molar-refractivity contribution in [3.05, 3.63) is 87.5 Å². The molecule has 3 aromatic rings. The van der Waals surface area contributed by atoms with Gasteiger partial charge >= 0.3 is 5.97 Å². The van der Waals surface area contributed by atoms with Gasteiger partial charge in [0.15, 0.2) is 0 Å². The maximum atomic E-state index is 12.5. The van der Waals surface area contributed by atoms with Gasteiger partial charge in [-0.3, -0.25) is 0 Å². The molecule has 0 spiro atoms. The van der Waals surface area contributed by atoms with E-state index < -0.39 is 0 Å². The van der Waals surface area contributed by atoms with Crippen molar-refractivity contribution < 1.29 is 9.53 Å². The number of carbonyl (C=O) groups is 1. The van der Waals surface area contributed by atoms with E-state index in [4.69, 9.17) is 4.74 Å². The molecule has 2 aliphatic rings. The van der Waals surface area contributed by atoms with Crippen molar-refractivity contribution in [2.24, 2.45) is 0 Å². The second-order valence-electron chi connectivity index (χ2n) is 6.33.